The predicted molar refractivity (Wildman–Crippen MR) is 56.6 cm³/mol. The van der Waals surface area contributed by atoms with Crippen molar-refractivity contribution in [3.8, 4) is 5.75 Å². The highest BCUT2D eigenvalue weighted by Crippen LogP contribution is 2.22. The average Bonchev–Trinajstić information content (AvgIpc) is 2.16. The van der Waals surface area contributed by atoms with Crippen LogP contribution in [0.15, 0.2) is 18.2 Å². The zero-order chi connectivity index (χ0) is 9.84. The Balaban J connectivity index is 3.13. The van der Waals surface area contributed by atoms with Crippen LogP contribution in [0, 0.1) is 5.41 Å². The fourth-order valence-corrected chi connectivity index (χ4v) is 1.49. The minimum Gasteiger partial charge on any atom is -0.496 e. The predicted octanol–water partition coefficient (Wildman–Crippen LogP) is 1.87. The van der Waals surface area contributed by atoms with E-state index in [9.17, 15) is 0 Å². The Morgan fingerprint density at radius 3 is 2.77 bits per heavy atom. The monoisotopic (exact) mass is 242 g/mol. The van der Waals surface area contributed by atoms with Crippen molar-refractivity contribution in [2.45, 2.75) is 5.33 Å². The fraction of sp³-hybridized carbons (Fsp3) is 0.222. The molecule has 1 aromatic carbocycles. The highest BCUT2D eigenvalue weighted by molar-refractivity contribution is 9.08. The third-order valence-electron chi connectivity index (χ3n) is 1.74. The molecule has 13 heavy (non-hydrogen) atoms. The van der Waals surface area contributed by atoms with E-state index in [1.165, 1.54) is 0 Å². The van der Waals surface area contributed by atoms with Crippen molar-refractivity contribution in [2.24, 2.45) is 5.73 Å². The summed E-state index contributed by atoms with van der Waals surface area (Å²) in [7, 11) is 1.60. The van der Waals surface area contributed by atoms with Gasteiger partial charge in [0.05, 0.1) is 7.11 Å². The molecule has 0 aromatic heterocycles. The van der Waals surface area contributed by atoms with Crippen LogP contribution in [0.3, 0.4) is 0 Å². The number of hydrogen-bond donors (Lipinski definition) is 2. The first-order chi connectivity index (χ1) is 6.19. The Labute approximate surface area is 85.5 Å². The number of hydrogen-bond acceptors (Lipinski definition) is 2. The Hall–Kier alpha value is -1.03. The van der Waals surface area contributed by atoms with Gasteiger partial charge in [-0.05, 0) is 6.07 Å². The van der Waals surface area contributed by atoms with Crippen LogP contribution in [0.5, 0.6) is 5.75 Å². The molecule has 3 nitrogen and oxygen atoms in total. The first-order valence-corrected chi connectivity index (χ1v) is 4.88. The minimum atomic E-state index is 0.0550. The maximum atomic E-state index is 7.25. The third kappa shape index (κ3) is 2.21. The van der Waals surface area contributed by atoms with Gasteiger partial charge in [-0.2, -0.15) is 0 Å². The lowest BCUT2D eigenvalue weighted by Crippen LogP contribution is -2.11. The van der Waals surface area contributed by atoms with Gasteiger partial charge in [-0.25, -0.2) is 0 Å². The highest BCUT2D eigenvalue weighted by atomic mass is 79.9. The first-order valence-electron chi connectivity index (χ1n) is 3.76. The summed E-state index contributed by atoms with van der Waals surface area (Å²) in [4.78, 5) is 0. The summed E-state index contributed by atoms with van der Waals surface area (Å²) in [6.45, 7) is 0. The third-order valence-corrected chi connectivity index (χ3v) is 2.35. The number of rotatable bonds is 3. The molecule has 0 radical (unpaired) electrons. The van der Waals surface area contributed by atoms with E-state index in [-0.39, 0.29) is 5.84 Å². The summed E-state index contributed by atoms with van der Waals surface area (Å²) >= 11 is 3.35. The van der Waals surface area contributed by atoms with Gasteiger partial charge in [0.2, 0.25) is 0 Å². The van der Waals surface area contributed by atoms with Crippen molar-refractivity contribution in [3.63, 3.8) is 0 Å². The molecular formula is C9H11BrN2O. The van der Waals surface area contributed by atoms with E-state index in [1.54, 1.807) is 19.2 Å². The molecule has 4 heteroatoms. The highest BCUT2D eigenvalue weighted by Gasteiger charge is 2.04. The second kappa shape index (κ2) is 4.28. The van der Waals surface area contributed by atoms with Crippen LogP contribution < -0.4 is 10.5 Å². The summed E-state index contributed by atoms with van der Waals surface area (Å²) in [6.07, 6.45) is 0. The van der Waals surface area contributed by atoms with Gasteiger partial charge in [0.1, 0.15) is 11.6 Å². The molecule has 0 aliphatic carbocycles. The molecule has 0 aliphatic heterocycles. The number of halogens is 1. The Morgan fingerprint density at radius 2 is 2.31 bits per heavy atom. The maximum Gasteiger partial charge on any atom is 0.123 e. The van der Waals surface area contributed by atoms with Crippen LogP contribution >= 0.6 is 15.9 Å². The number of benzene rings is 1. The van der Waals surface area contributed by atoms with Crippen molar-refractivity contribution in [3.05, 3.63) is 29.3 Å². The first kappa shape index (κ1) is 10.1. The summed E-state index contributed by atoms with van der Waals surface area (Å²) in [6, 6.07) is 5.46. The van der Waals surface area contributed by atoms with Crippen LogP contribution in [0.1, 0.15) is 11.1 Å². The van der Waals surface area contributed by atoms with E-state index < -0.39 is 0 Å². The smallest absolute Gasteiger partial charge is 0.123 e. The van der Waals surface area contributed by atoms with Crippen LogP contribution in [0.2, 0.25) is 0 Å². The van der Waals surface area contributed by atoms with Crippen molar-refractivity contribution >= 4 is 21.8 Å². The molecular weight excluding hydrogens is 232 g/mol. The van der Waals surface area contributed by atoms with E-state index in [0.29, 0.717) is 5.56 Å². The molecule has 1 aromatic rings. The van der Waals surface area contributed by atoms with Gasteiger partial charge in [-0.1, -0.05) is 28.1 Å². The van der Waals surface area contributed by atoms with E-state index >= 15 is 0 Å². The van der Waals surface area contributed by atoms with Gasteiger partial charge in [0.15, 0.2) is 0 Å². The van der Waals surface area contributed by atoms with Crippen LogP contribution in [0.4, 0.5) is 0 Å². The summed E-state index contributed by atoms with van der Waals surface area (Å²) < 4.78 is 5.14. The maximum absolute atomic E-state index is 7.25. The number of nitrogen functional groups attached to an aromatic ring is 1. The SMILES string of the molecule is COc1cc(C(=N)N)ccc1CBr. The van der Waals surface area contributed by atoms with E-state index in [0.717, 1.165) is 16.6 Å². The van der Waals surface area contributed by atoms with Crippen LogP contribution in [0.25, 0.3) is 0 Å². The molecule has 0 unspecified atom stereocenters. The van der Waals surface area contributed by atoms with Gasteiger partial charge < -0.3 is 10.5 Å². The standard InChI is InChI=1S/C9H11BrN2O/c1-13-8-4-6(9(11)12)2-3-7(8)5-10/h2-4H,5H2,1H3,(H3,11,12). The van der Waals surface area contributed by atoms with Crippen LogP contribution in [-0.4, -0.2) is 12.9 Å². The summed E-state index contributed by atoms with van der Waals surface area (Å²) in [5.74, 6) is 0.809. The molecule has 0 saturated heterocycles. The lowest BCUT2D eigenvalue weighted by atomic mass is 10.1. The fourth-order valence-electron chi connectivity index (χ4n) is 1.02. The van der Waals surface area contributed by atoms with E-state index in [4.69, 9.17) is 15.9 Å². The number of alkyl halides is 1. The van der Waals surface area contributed by atoms with Gasteiger partial charge in [0.25, 0.3) is 0 Å². The van der Waals surface area contributed by atoms with Gasteiger partial charge >= 0.3 is 0 Å². The largest absolute Gasteiger partial charge is 0.496 e. The molecule has 3 N–H and O–H groups in total. The number of amidine groups is 1. The minimum absolute atomic E-state index is 0.0550. The van der Waals surface area contributed by atoms with Crippen molar-refractivity contribution < 1.29 is 4.74 Å². The number of methoxy groups -OCH3 is 1. The van der Waals surface area contributed by atoms with Gasteiger partial charge in [0, 0.05) is 16.5 Å². The molecule has 70 valence electrons. The molecule has 0 spiro atoms. The zero-order valence-electron chi connectivity index (χ0n) is 7.30. The molecule has 0 heterocycles. The van der Waals surface area contributed by atoms with Crippen LogP contribution in [-0.2, 0) is 5.33 Å². The van der Waals surface area contributed by atoms with Gasteiger partial charge in [-0.15, -0.1) is 0 Å². The quantitative estimate of drug-likeness (QED) is 0.483. The second-order valence-corrected chi connectivity index (χ2v) is 3.13. The zero-order valence-corrected chi connectivity index (χ0v) is 8.89. The second-order valence-electron chi connectivity index (χ2n) is 2.57. The van der Waals surface area contributed by atoms with Crippen molar-refractivity contribution in [2.75, 3.05) is 7.11 Å². The summed E-state index contributed by atoms with van der Waals surface area (Å²) in [5, 5.41) is 7.98. The average molecular weight is 243 g/mol. The molecule has 0 bridgehead atoms. The Kier molecular flexibility index (Phi) is 3.31. The molecule has 0 atom stereocenters. The number of nitrogens with two attached hydrogens (primary N) is 1. The number of nitrogens with one attached hydrogen (secondary N) is 1. The van der Waals surface area contributed by atoms with E-state index in [2.05, 4.69) is 15.9 Å². The molecule has 0 amide bonds. The van der Waals surface area contributed by atoms with E-state index in [1.807, 2.05) is 6.07 Å². The molecule has 0 aliphatic rings. The van der Waals surface area contributed by atoms with Crippen molar-refractivity contribution in [1.82, 2.24) is 0 Å². The Morgan fingerprint density at radius 1 is 1.62 bits per heavy atom. The van der Waals surface area contributed by atoms with Crippen molar-refractivity contribution in [1.29, 1.82) is 5.41 Å². The number of ether oxygens (including phenoxy) is 1. The molecule has 0 saturated carbocycles. The Bertz CT molecular complexity index is 325. The van der Waals surface area contributed by atoms with Gasteiger partial charge in [-0.3, -0.25) is 5.41 Å². The lowest BCUT2D eigenvalue weighted by Gasteiger charge is -2.07. The normalized spacial score (nSPS) is 9.69. The topological polar surface area (TPSA) is 59.1 Å². The lowest BCUT2D eigenvalue weighted by molar-refractivity contribution is 0.411. The summed E-state index contributed by atoms with van der Waals surface area (Å²) in [5.41, 5.74) is 7.08. The molecule has 0 fully saturated rings. The molecule has 1 rings (SSSR count).